The highest BCUT2D eigenvalue weighted by Crippen LogP contribution is 2.29. The number of thiazole rings is 1. The fourth-order valence-corrected chi connectivity index (χ4v) is 4.40. The van der Waals surface area contributed by atoms with Crippen LogP contribution in [0.25, 0.3) is 0 Å². The Balaban J connectivity index is 1.99. The summed E-state index contributed by atoms with van der Waals surface area (Å²) in [5, 5.41) is 2.89. The quantitative estimate of drug-likeness (QED) is 0.843. The summed E-state index contributed by atoms with van der Waals surface area (Å²) >= 11 is 1.55. The molecular formula is C11H17NO3S2. The van der Waals surface area contributed by atoms with E-state index in [1.54, 1.807) is 11.3 Å². The molecule has 0 radical (unpaired) electrons. The second kappa shape index (κ2) is 5.04. The second-order valence-corrected chi connectivity index (χ2v) is 7.80. The number of aromatic nitrogens is 1. The van der Waals surface area contributed by atoms with Gasteiger partial charge < -0.3 is 4.74 Å². The Morgan fingerprint density at radius 3 is 2.94 bits per heavy atom. The first-order valence-electron chi connectivity index (χ1n) is 5.72. The third-order valence-electron chi connectivity index (χ3n) is 2.76. The molecule has 4 nitrogen and oxygen atoms in total. The molecule has 96 valence electrons. The first-order valence-corrected chi connectivity index (χ1v) is 8.43. The number of sulfone groups is 1. The van der Waals surface area contributed by atoms with Gasteiger partial charge in [0.15, 0.2) is 9.84 Å². The van der Waals surface area contributed by atoms with Gasteiger partial charge in [-0.15, -0.1) is 11.3 Å². The number of hydrogen-bond acceptors (Lipinski definition) is 5. The summed E-state index contributed by atoms with van der Waals surface area (Å²) in [6.07, 6.45) is 0.894. The summed E-state index contributed by atoms with van der Waals surface area (Å²) in [5.41, 5.74) is 0.915. The molecule has 2 heterocycles. The summed E-state index contributed by atoms with van der Waals surface area (Å²) in [6.45, 7) is 4.48. The normalized spacial score (nSPS) is 23.4. The first kappa shape index (κ1) is 13.0. The van der Waals surface area contributed by atoms with Gasteiger partial charge >= 0.3 is 0 Å². The highest BCUT2D eigenvalue weighted by Gasteiger charge is 2.30. The van der Waals surface area contributed by atoms with Crippen molar-refractivity contribution in [2.24, 2.45) is 0 Å². The first-order chi connectivity index (χ1) is 7.96. The number of nitrogens with zero attached hydrogens (tertiary/aromatic N) is 1. The molecule has 0 aliphatic carbocycles. The molecule has 1 aliphatic heterocycles. The van der Waals surface area contributed by atoms with E-state index in [4.69, 9.17) is 4.74 Å². The lowest BCUT2D eigenvalue weighted by Gasteiger charge is -2.05. The summed E-state index contributed by atoms with van der Waals surface area (Å²) in [6, 6.07) is 0. The Labute approximate surface area is 106 Å². The van der Waals surface area contributed by atoms with Crippen LogP contribution in [-0.2, 0) is 21.2 Å². The van der Waals surface area contributed by atoms with Crippen molar-refractivity contribution < 1.29 is 13.2 Å². The molecule has 1 aromatic rings. The Hall–Kier alpha value is -0.460. The van der Waals surface area contributed by atoms with Crippen molar-refractivity contribution in [2.45, 2.75) is 38.9 Å². The smallest absolute Gasteiger partial charge is 0.151 e. The topological polar surface area (TPSA) is 56.3 Å². The highest BCUT2D eigenvalue weighted by molar-refractivity contribution is 7.91. The van der Waals surface area contributed by atoms with Crippen LogP contribution < -0.4 is 0 Å². The monoisotopic (exact) mass is 275 g/mol. The summed E-state index contributed by atoms with van der Waals surface area (Å²) in [5.74, 6) is 0.637. The van der Waals surface area contributed by atoms with E-state index in [0.29, 0.717) is 18.8 Å². The van der Waals surface area contributed by atoms with Gasteiger partial charge in [0.25, 0.3) is 0 Å². The van der Waals surface area contributed by atoms with Crippen LogP contribution in [0.2, 0.25) is 0 Å². The Morgan fingerprint density at radius 2 is 2.35 bits per heavy atom. The minimum atomic E-state index is -2.83. The van der Waals surface area contributed by atoms with Crippen molar-refractivity contribution in [1.82, 2.24) is 4.98 Å². The molecular weight excluding hydrogens is 258 g/mol. The zero-order valence-electron chi connectivity index (χ0n) is 10.0. The third-order valence-corrected chi connectivity index (χ3v) is 5.37. The summed E-state index contributed by atoms with van der Waals surface area (Å²) in [4.78, 5) is 4.46. The largest absolute Gasteiger partial charge is 0.372 e. The van der Waals surface area contributed by atoms with Crippen LogP contribution in [0.5, 0.6) is 0 Å². The summed E-state index contributed by atoms with van der Waals surface area (Å²) < 4.78 is 28.2. The molecule has 0 bridgehead atoms. The van der Waals surface area contributed by atoms with E-state index in [-0.39, 0.29) is 17.8 Å². The van der Waals surface area contributed by atoms with E-state index in [1.807, 2.05) is 19.2 Å². The highest BCUT2D eigenvalue weighted by atomic mass is 32.2. The molecule has 17 heavy (non-hydrogen) atoms. The Morgan fingerprint density at radius 1 is 1.59 bits per heavy atom. The summed E-state index contributed by atoms with van der Waals surface area (Å²) in [7, 11) is -2.83. The van der Waals surface area contributed by atoms with Crippen molar-refractivity contribution in [3.05, 3.63) is 16.1 Å². The number of rotatable bonds is 4. The third kappa shape index (κ3) is 3.50. The zero-order chi connectivity index (χ0) is 12.5. The molecule has 1 unspecified atom stereocenters. The molecule has 0 N–H and O–H groups in total. The van der Waals surface area contributed by atoms with Crippen LogP contribution >= 0.6 is 11.3 Å². The van der Waals surface area contributed by atoms with Crippen molar-refractivity contribution in [2.75, 3.05) is 11.5 Å². The van der Waals surface area contributed by atoms with Gasteiger partial charge in [0.05, 0.1) is 29.9 Å². The van der Waals surface area contributed by atoms with E-state index < -0.39 is 9.84 Å². The van der Waals surface area contributed by atoms with Crippen LogP contribution in [0.15, 0.2) is 5.38 Å². The van der Waals surface area contributed by atoms with Gasteiger partial charge in [0.1, 0.15) is 5.01 Å². The van der Waals surface area contributed by atoms with E-state index in [9.17, 15) is 8.42 Å². The molecule has 1 aromatic heterocycles. The lowest BCUT2D eigenvalue weighted by molar-refractivity contribution is 0.0655. The lowest BCUT2D eigenvalue weighted by Crippen LogP contribution is -2.05. The maximum atomic E-state index is 11.4. The van der Waals surface area contributed by atoms with Crippen molar-refractivity contribution >= 4 is 21.2 Å². The maximum Gasteiger partial charge on any atom is 0.151 e. The average Bonchev–Trinajstić information content (AvgIpc) is 2.81. The van der Waals surface area contributed by atoms with Crippen LogP contribution in [0, 0.1) is 0 Å². The van der Waals surface area contributed by atoms with Crippen molar-refractivity contribution in [3.63, 3.8) is 0 Å². The maximum absolute atomic E-state index is 11.4. The van der Waals surface area contributed by atoms with Crippen molar-refractivity contribution in [3.8, 4) is 0 Å². The van der Waals surface area contributed by atoms with Crippen LogP contribution in [0.1, 0.15) is 36.9 Å². The zero-order valence-corrected chi connectivity index (χ0v) is 11.7. The van der Waals surface area contributed by atoms with Gasteiger partial charge in [0, 0.05) is 11.3 Å². The van der Waals surface area contributed by atoms with Gasteiger partial charge in [0.2, 0.25) is 0 Å². The molecule has 6 heteroatoms. The molecule has 2 rings (SSSR count). The van der Waals surface area contributed by atoms with E-state index in [1.165, 1.54) is 0 Å². The van der Waals surface area contributed by atoms with Gasteiger partial charge in [-0.3, -0.25) is 0 Å². The van der Waals surface area contributed by atoms with Gasteiger partial charge in [-0.25, -0.2) is 13.4 Å². The number of ether oxygens (including phenoxy) is 1. The van der Waals surface area contributed by atoms with E-state index in [2.05, 4.69) is 4.98 Å². The predicted octanol–water partition coefficient (Wildman–Crippen LogP) is 1.97. The molecule has 0 aromatic carbocycles. The molecule has 0 amide bonds. The fraction of sp³-hybridized carbons (Fsp3) is 0.727. The standard InChI is InChI=1S/C11H17NO3S2/c1-8(2)15-5-11-12-10(6-16-11)9-3-4-17(13,14)7-9/h6,8-9H,3-5,7H2,1-2H3. The van der Waals surface area contributed by atoms with Crippen LogP contribution in [0.3, 0.4) is 0 Å². The Kier molecular flexibility index (Phi) is 3.85. The second-order valence-electron chi connectivity index (χ2n) is 4.63. The van der Waals surface area contributed by atoms with Gasteiger partial charge in [-0.1, -0.05) is 0 Å². The minimum absolute atomic E-state index is 0.0871. The van der Waals surface area contributed by atoms with Crippen LogP contribution in [-0.4, -0.2) is 31.0 Å². The van der Waals surface area contributed by atoms with E-state index >= 15 is 0 Å². The molecule has 1 aliphatic rings. The lowest BCUT2D eigenvalue weighted by atomic mass is 10.1. The molecule has 1 atom stereocenters. The fourth-order valence-electron chi connectivity index (χ4n) is 1.85. The average molecular weight is 275 g/mol. The van der Waals surface area contributed by atoms with Gasteiger partial charge in [-0.2, -0.15) is 0 Å². The van der Waals surface area contributed by atoms with Gasteiger partial charge in [-0.05, 0) is 20.3 Å². The van der Waals surface area contributed by atoms with E-state index in [0.717, 1.165) is 10.7 Å². The minimum Gasteiger partial charge on any atom is -0.372 e. The predicted molar refractivity (Wildman–Crippen MR) is 68.1 cm³/mol. The molecule has 0 spiro atoms. The molecule has 1 saturated heterocycles. The molecule has 0 saturated carbocycles. The SMILES string of the molecule is CC(C)OCc1nc(C2CCS(=O)(=O)C2)cs1. The number of hydrogen-bond donors (Lipinski definition) is 0. The Bertz CT molecular complexity index is 479. The van der Waals surface area contributed by atoms with Crippen LogP contribution in [0.4, 0.5) is 0 Å². The van der Waals surface area contributed by atoms with Crippen molar-refractivity contribution in [1.29, 1.82) is 0 Å². The molecule has 1 fully saturated rings.